The number of thiazole rings is 1. The van der Waals surface area contributed by atoms with Crippen LogP contribution in [0.2, 0.25) is 0 Å². The second-order valence-corrected chi connectivity index (χ2v) is 8.04. The molecule has 176 valence electrons. The number of anilines is 1. The summed E-state index contributed by atoms with van der Waals surface area (Å²) < 4.78 is 10.4. The highest BCUT2D eigenvalue weighted by molar-refractivity contribution is 7.14. The third-order valence-electron chi connectivity index (χ3n) is 4.96. The Bertz CT molecular complexity index is 1350. The van der Waals surface area contributed by atoms with Crippen molar-refractivity contribution in [1.29, 1.82) is 0 Å². The van der Waals surface area contributed by atoms with Crippen LogP contribution in [0.3, 0.4) is 0 Å². The molecule has 0 aliphatic rings. The highest BCUT2D eigenvalue weighted by Gasteiger charge is 2.22. The zero-order valence-corrected chi connectivity index (χ0v) is 19.4. The molecule has 0 bridgehead atoms. The van der Waals surface area contributed by atoms with Crippen molar-refractivity contribution in [2.75, 3.05) is 12.5 Å². The average Bonchev–Trinajstić information content (AvgIpc) is 3.37. The molecule has 10 heteroatoms. The van der Waals surface area contributed by atoms with Crippen molar-refractivity contribution in [3.8, 4) is 17.0 Å². The van der Waals surface area contributed by atoms with Gasteiger partial charge in [-0.05, 0) is 35.9 Å². The van der Waals surface area contributed by atoms with Crippen LogP contribution >= 0.6 is 11.3 Å². The fraction of sp³-hybridized carbons (Fsp3) is 0.0800. The molecule has 0 saturated carbocycles. The lowest BCUT2D eigenvalue weighted by atomic mass is 10.1. The Morgan fingerprint density at radius 1 is 1.11 bits per heavy atom. The van der Waals surface area contributed by atoms with Crippen LogP contribution in [0, 0.1) is 10.1 Å². The average molecular weight is 489 g/mol. The van der Waals surface area contributed by atoms with Crippen molar-refractivity contribution in [1.82, 2.24) is 4.98 Å². The van der Waals surface area contributed by atoms with Gasteiger partial charge in [0.05, 0.1) is 35.1 Å². The van der Waals surface area contributed by atoms with Gasteiger partial charge in [0, 0.05) is 17.0 Å². The van der Waals surface area contributed by atoms with Gasteiger partial charge in [-0.15, -0.1) is 11.3 Å². The first kappa shape index (κ1) is 23.6. The molecular weight excluding hydrogens is 468 g/mol. The highest BCUT2D eigenvalue weighted by atomic mass is 32.1. The number of esters is 1. The normalized spacial score (nSPS) is 10.8. The lowest BCUT2D eigenvalue weighted by molar-refractivity contribution is -0.385. The Morgan fingerprint density at radius 3 is 2.60 bits per heavy atom. The number of carbonyl (C=O) groups excluding carboxylic acids is 1. The van der Waals surface area contributed by atoms with Crippen LogP contribution in [0.5, 0.6) is 5.75 Å². The zero-order valence-electron chi connectivity index (χ0n) is 18.6. The largest absolute Gasteiger partial charge is 0.489 e. The van der Waals surface area contributed by atoms with Gasteiger partial charge in [0.1, 0.15) is 12.4 Å². The maximum absolute atomic E-state index is 12.0. The summed E-state index contributed by atoms with van der Waals surface area (Å²) in [7, 11) is 1.22. The lowest BCUT2D eigenvalue weighted by Gasteiger charge is -2.10. The molecule has 1 N–H and O–H groups in total. The predicted molar refractivity (Wildman–Crippen MR) is 134 cm³/mol. The lowest BCUT2D eigenvalue weighted by Crippen LogP contribution is -2.10. The van der Waals surface area contributed by atoms with E-state index >= 15 is 0 Å². The molecule has 0 spiro atoms. The second kappa shape index (κ2) is 11.0. The molecule has 0 radical (unpaired) electrons. The van der Waals surface area contributed by atoms with Gasteiger partial charge in [0.15, 0.2) is 0 Å². The molecular formula is C25H20N4O5S. The molecule has 3 aromatic carbocycles. The number of carbonyl (C=O) groups is 1. The summed E-state index contributed by atoms with van der Waals surface area (Å²) in [5.74, 6) is -0.181. The van der Waals surface area contributed by atoms with Gasteiger partial charge in [-0.3, -0.25) is 15.5 Å². The van der Waals surface area contributed by atoms with E-state index in [1.807, 2.05) is 35.7 Å². The summed E-state index contributed by atoms with van der Waals surface area (Å²) in [6.07, 6.45) is 1.64. The van der Waals surface area contributed by atoms with E-state index in [0.717, 1.165) is 16.8 Å². The van der Waals surface area contributed by atoms with Gasteiger partial charge in [-0.2, -0.15) is 5.10 Å². The summed E-state index contributed by atoms with van der Waals surface area (Å²) in [6.45, 7) is -0.162. The third kappa shape index (κ3) is 5.87. The van der Waals surface area contributed by atoms with Crippen LogP contribution < -0.4 is 10.2 Å². The first-order valence-electron chi connectivity index (χ1n) is 10.4. The predicted octanol–water partition coefficient (Wildman–Crippen LogP) is 5.53. The van der Waals surface area contributed by atoms with E-state index in [-0.39, 0.29) is 23.4 Å². The summed E-state index contributed by atoms with van der Waals surface area (Å²) in [6, 6.07) is 21.1. The Balaban J connectivity index is 1.38. The van der Waals surface area contributed by atoms with Gasteiger partial charge in [0.25, 0.3) is 5.69 Å². The highest BCUT2D eigenvalue weighted by Crippen LogP contribution is 2.26. The van der Waals surface area contributed by atoms with Crippen molar-refractivity contribution < 1.29 is 19.2 Å². The molecule has 0 aliphatic carbocycles. The number of nitro benzene ring substituents is 1. The number of hydrogen-bond donors (Lipinski definition) is 1. The molecule has 4 rings (SSSR count). The Labute approximate surface area is 204 Å². The van der Waals surface area contributed by atoms with E-state index in [4.69, 9.17) is 9.47 Å². The number of rotatable bonds is 9. The standard InChI is InChI=1S/C25H20N4O5S/c1-33-24(30)20-8-5-9-23(29(31)32)21(20)15-34-19-12-10-17(11-13-19)14-26-28-25-27-22(16-35-25)18-6-3-2-4-7-18/h2-14,16H,15H2,1H3,(H,27,28). The minimum absolute atomic E-state index is 0.0918. The number of hydrazone groups is 1. The van der Waals surface area contributed by atoms with E-state index < -0.39 is 10.9 Å². The molecule has 1 aromatic heterocycles. The fourth-order valence-electron chi connectivity index (χ4n) is 3.23. The maximum atomic E-state index is 12.0. The molecule has 9 nitrogen and oxygen atoms in total. The first-order valence-corrected chi connectivity index (χ1v) is 11.3. The zero-order chi connectivity index (χ0) is 24.6. The van der Waals surface area contributed by atoms with Gasteiger partial charge < -0.3 is 9.47 Å². The number of hydrogen-bond acceptors (Lipinski definition) is 9. The van der Waals surface area contributed by atoms with Crippen molar-refractivity contribution in [3.05, 3.63) is 105 Å². The van der Waals surface area contributed by atoms with Gasteiger partial charge >= 0.3 is 5.97 Å². The molecule has 1 heterocycles. The number of ether oxygens (including phenoxy) is 2. The fourth-order valence-corrected chi connectivity index (χ4v) is 3.90. The Hall–Kier alpha value is -4.57. The van der Waals surface area contributed by atoms with E-state index in [1.165, 1.54) is 36.6 Å². The van der Waals surface area contributed by atoms with Crippen molar-refractivity contribution in [3.63, 3.8) is 0 Å². The quantitative estimate of drug-likeness (QED) is 0.142. The molecule has 0 atom stereocenters. The molecule has 0 fully saturated rings. The molecule has 4 aromatic rings. The maximum Gasteiger partial charge on any atom is 0.338 e. The summed E-state index contributed by atoms with van der Waals surface area (Å²) in [4.78, 5) is 27.4. The topological polar surface area (TPSA) is 116 Å². The van der Waals surface area contributed by atoms with Crippen LogP contribution in [0.25, 0.3) is 11.3 Å². The number of nitrogens with zero attached hydrogens (tertiary/aromatic N) is 3. The number of methoxy groups -OCH3 is 1. The van der Waals surface area contributed by atoms with E-state index in [9.17, 15) is 14.9 Å². The van der Waals surface area contributed by atoms with Gasteiger partial charge in [-0.25, -0.2) is 9.78 Å². The number of nitro groups is 1. The number of nitrogens with one attached hydrogen (secondary N) is 1. The van der Waals surface area contributed by atoms with Gasteiger partial charge in [-0.1, -0.05) is 36.4 Å². The SMILES string of the molecule is COC(=O)c1cccc([N+](=O)[O-])c1COc1ccc(C=NNc2nc(-c3ccccc3)cs2)cc1. The van der Waals surface area contributed by atoms with Crippen LogP contribution in [0.15, 0.2) is 83.3 Å². The summed E-state index contributed by atoms with van der Waals surface area (Å²) in [5.41, 5.74) is 5.68. The summed E-state index contributed by atoms with van der Waals surface area (Å²) >= 11 is 1.46. The Morgan fingerprint density at radius 2 is 1.89 bits per heavy atom. The first-order chi connectivity index (χ1) is 17.0. The van der Waals surface area contributed by atoms with Crippen molar-refractivity contribution in [2.45, 2.75) is 6.61 Å². The third-order valence-corrected chi connectivity index (χ3v) is 5.71. The Kier molecular flexibility index (Phi) is 7.44. The molecule has 0 aliphatic heterocycles. The molecule has 35 heavy (non-hydrogen) atoms. The van der Waals surface area contributed by atoms with Crippen LogP contribution in [-0.4, -0.2) is 29.2 Å². The molecule has 0 unspecified atom stereocenters. The summed E-state index contributed by atoms with van der Waals surface area (Å²) in [5, 5.41) is 18.2. The van der Waals surface area contributed by atoms with E-state index in [2.05, 4.69) is 15.5 Å². The van der Waals surface area contributed by atoms with E-state index in [1.54, 1.807) is 30.5 Å². The van der Waals surface area contributed by atoms with Crippen LogP contribution in [0.1, 0.15) is 21.5 Å². The van der Waals surface area contributed by atoms with Crippen molar-refractivity contribution >= 4 is 34.3 Å². The monoisotopic (exact) mass is 488 g/mol. The smallest absolute Gasteiger partial charge is 0.338 e. The number of aromatic nitrogens is 1. The molecule has 0 amide bonds. The van der Waals surface area contributed by atoms with Crippen LogP contribution in [0.4, 0.5) is 10.8 Å². The van der Waals surface area contributed by atoms with E-state index in [0.29, 0.717) is 10.9 Å². The second-order valence-electron chi connectivity index (χ2n) is 7.18. The van der Waals surface area contributed by atoms with Gasteiger partial charge in [0.2, 0.25) is 5.13 Å². The van der Waals surface area contributed by atoms with Crippen LogP contribution in [-0.2, 0) is 11.3 Å². The minimum atomic E-state index is -0.664. The van der Waals surface area contributed by atoms with Crippen molar-refractivity contribution in [2.24, 2.45) is 5.10 Å². The minimum Gasteiger partial charge on any atom is -0.489 e. The number of benzene rings is 3. The molecule has 0 saturated heterocycles.